The lowest BCUT2D eigenvalue weighted by atomic mass is 9.98. The van der Waals surface area contributed by atoms with Crippen LogP contribution in [0, 0.1) is 5.82 Å². The van der Waals surface area contributed by atoms with Crippen molar-refractivity contribution in [2.45, 2.75) is 46.2 Å². The number of nitrogens with zero attached hydrogens (tertiary/aromatic N) is 3. The Balaban J connectivity index is 2.01. The first-order valence-corrected chi connectivity index (χ1v) is 8.55. The Morgan fingerprint density at radius 3 is 2.65 bits per heavy atom. The number of halogens is 1. The van der Waals surface area contributed by atoms with Crippen molar-refractivity contribution < 1.29 is 4.39 Å². The Bertz CT molecular complexity index is 638. The van der Waals surface area contributed by atoms with Gasteiger partial charge in [0.15, 0.2) is 0 Å². The molecule has 1 aromatic carbocycles. The van der Waals surface area contributed by atoms with Crippen molar-refractivity contribution in [2.75, 3.05) is 19.6 Å². The zero-order valence-corrected chi connectivity index (χ0v) is 14.5. The minimum absolute atomic E-state index is 0.186. The lowest BCUT2D eigenvalue weighted by molar-refractivity contribution is 0.180. The van der Waals surface area contributed by atoms with E-state index in [1.807, 2.05) is 6.07 Å². The van der Waals surface area contributed by atoms with Gasteiger partial charge in [-0.25, -0.2) is 4.39 Å². The molecule has 0 amide bonds. The predicted molar refractivity (Wildman–Crippen MR) is 94.1 cm³/mol. The average Bonchev–Trinajstić information content (AvgIpc) is 2.51. The van der Waals surface area contributed by atoms with E-state index >= 15 is 0 Å². The van der Waals surface area contributed by atoms with Gasteiger partial charge in [0.05, 0.1) is 0 Å². The monoisotopic (exact) mass is 315 g/mol. The normalized spacial score (nSPS) is 17.3. The zero-order valence-electron chi connectivity index (χ0n) is 14.5. The van der Waals surface area contributed by atoms with Gasteiger partial charge in [-0.3, -0.25) is 9.89 Å². The molecular weight excluding hydrogens is 289 g/mol. The molecule has 0 N–H and O–H groups in total. The van der Waals surface area contributed by atoms with Gasteiger partial charge >= 0.3 is 0 Å². The summed E-state index contributed by atoms with van der Waals surface area (Å²) in [5, 5.41) is 0. The molecular formula is C19H26FN3. The van der Waals surface area contributed by atoms with E-state index in [9.17, 15) is 4.39 Å². The van der Waals surface area contributed by atoms with E-state index in [1.165, 1.54) is 11.8 Å². The lowest BCUT2D eigenvalue weighted by Crippen LogP contribution is -2.45. The Morgan fingerprint density at radius 2 is 1.96 bits per heavy atom. The van der Waals surface area contributed by atoms with Gasteiger partial charge in [0.1, 0.15) is 11.7 Å². The molecule has 3 nitrogen and oxygen atoms in total. The number of hydrogen-bond acceptors (Lipinski definition) is 3. The van der Waals surface area contributed by atoms with Crippen LogP contribution in [0.1, 0.15) is 45.2 Å². The van der Waals surface area contributed by atoms with Crippen molar-refractivity contribution in [3.8, 4) is 0 Å². The highest BCUT2D eigenvalue weighted by Gasteiger charge is 2.28. The van der Waals surface area contributed by atoms with Gasteiger partial charge in [-0.15, -0.1) is 0 Å². The first kappa shape index (κ1) is 16.2. The van der Waals surface area contributed by atoms with Crippen LogP contribution >= 0.6 is 0 Å². The van der Waals surface area contributed by atoms with Crippen LogP contribution in [0.3, 0.4) is 0 Å². The van der Waals surface area contributed by atoms with Gasteiger partial charge < -0.3 is 4.90 Å². The molecule has 2 aliphatic heterocycles. The van der Waals surface area contributed by atoms with Gasteiger partial charge in [0.25, 0.3) is 0 Å². The average molecular weight is 315 g/mol. The highest BCUT2D eigenvalue weighted by atomic mass is 19.1. The molecule has 2 aliphatic rings. The third-order valence-corrected chi connectivity index (χ3v) is 4.65. The van der Waals surface area contributed by atoms with E-state index < -0.39 is 0 Å². The van der Waals surface area contributed by atoms with E-state index in [-0.39, 0.29) is 5.82 Å². The van der Waals surface area contributed by atoms with Gasteiger partial charge in [-0.1, -0.05) is 0 Å². The fraction of sp³-hybridized carbons (Fsp3) is 0.526. The fourth-order valence-corrected chi connectivity index (χ4v) is 3.51. The van der Waals surface area contributed by atoms with E-state index in [4.69, 9.17) is 4.99 Å². The third-order valence-electron chi connectivity index (χ3n) is 4.65. The van der Waals surface area contributed by atoms with Crippen LogP contribution < -0.4 is 0 Å². The van der Waals surface area contributed by atoms with Crippen LogP contribution in [0.25, 0.3) is 6.08 Å². The molecule has 0 radical (unpaired) electrons. The Hall–Kier alpha value is -1.68. The van der Waals surface area contributed by atoms with Crippen LogP contribution in [-0.2, 0) is 0 Å². The second kappa shape index (κ2) is 6.44. The maximum atomic E-state index is 13.7. The summed E-state index contributed by atoms with van der Waals surface area (Å²) in [6.07, 6.45) is 3.21. The standard InChI is InChI=1S/C19H26FN3/c1-13(2)23(14(3)4)12-17-11-15-10-16(20)6-7-18(15)19-21-8-5-9-22(17)19/h6-7,10-11,13-14H,5,8-9,12H2,1-4H3. The number of benzene rings is 1. The molecule has 23 heavy (non-hydrogen) atoms. The maximum Gasteiger partial charge on any atom is 0.135 e. The van der Waals surface area contributed by atoms with Gasteiger partial charge in [-0.2, -0.15) is 0 Å². The predicted octanol–water partition coefficient (Wildman–Crippen LogP) is 3.75. The highest BCUT2D eigenvalue weighted by Crippen LogP contribution is 2.29. The Morgan fingerprint density at radius 1 is 1.22 bits per heavy atom. The van der Waals surface area contributed by atoms with Crippen LogP contribution in [0.2, 0.25) is 0 Å². The summed E-state index contributed by atoms with van der Waals surface area (Å²) >= 11 is 0. The smallest absolute Gasteiger partial charge is 0.135 e. The molecule has 0 saturated carbocycles. The van der Waals surface area contributed by atoms with Crippen molar-refractivity contribution in [3.05, 3.63) is 40.8 Å². The maximum absolute atomic E-state index is 13.7. The first-order valence-electron chi connectivity index (χ1n) is 8.55. The summed E-state index contributed by atoms with van der Waals surface area (Å²) in [7, 11) is 0. The van der Waals surface area contributed by atoms with Crippen molar-refractivity contribution in [2.24, 2.45) is 4.99 Å². The molecule has 0 aliphatic carbocycles. The Labute approximate surface area is 138 Å². The van der Waals surface area contributed by atoms with Gasteiger partial charge in [-0.05, 0) is 64.0 Å². The molecule has 0 aromatic heterocycles. The van der Waals surface area contributed by atoms with Crippen LogP contribution in [0.5, 0.6) is 0 Å². The summed E-state index contributed by atoms with van der Waals surface area (Å²) in [6.45, 7) is 11.6. The number of fused-ring (bicyclic) bond motifs is 3. The van der Waals surface area contributed by atoms with E-state index in [2.05, 4.69) is 43.6 Å². The summed E-state index contributed by atoms with van der Waals surface area (Å²) in [4.78, 5) is 9.51. The van der Waals surface area contributed by atoms with Crippen molar-refractivity contribution >= 4 is 11.9 Å². The zero-order chi connectivity index (χ0) is 16.6. The van der Waals surface area contributed by atoms with Crippen molar-refractivity contribution in [1.82, 2.24) is 9.80 Å². The fourth-order valence-electron chi connectivity index (χ4n) is 3.51. The molecule has 0 fully saturated rings. The van der Waals surface area contributed by atoms with Crippen molar-refractivity contribution in [1.29, 1.82) is 0 Å². The van der Waals surface area contributed by atoms with Crippen LogP contribution in [0.4, 0.5) is 4.39 Å². The molecule has 1 aromatic rings. The SMILES string of the molecule is CC(C)N(CC1=Cc2cc(F)ccc2C2=NCCCN12)C(C)C. The van der Waals surface area contributed by atoms with Crippen molar-refractivity contribution in [3.63, 3.8) is 0 Å². The molecule has 0 bridgehead atoms. The molecule has 0 unspecified atom stereocenters. The summed E-state index contributed by atoms with van der Waals surface area (Å²) in [5.74, 6) is 0.824. The quantitative estimate of drug-likeness (QED) is 0.842. The molecule has 4 heteroatoms. The topological polar surface area (TPSA) is 18.8 Å². The molecule has 0 spiro atoms. The summed E-state index contributed by atoms with van der Waals surface area (Å²) in [5.41, 5.74) is 3.23. The van der Waals surface area contributed by atoms with E-state index in [1.54, 1.807) is 6.07 Å². The number of amidine groups is 1. The minimum atomic E-state index is -0.186. The molecule has 124 valence electrons. The van der Waals surface area contributed by atoms with E-state index in [0.29, 0.717) is 12.1 Å². The second-order valence-electron chi connectivity index (χ2n) is 6.94. The third kappa shape index (κ3) is 3.18. The van der Waals surface area contributed by atoms with Crippen LogP contribution in [0.15, 0.2) is 28.9 Å². The second-order valence-corrected chi connectivity index (χ2v) is 6.94. The Kier molecular flexibility index (Phi) is 4.53. The number of hydrogen-bond donors (Lipinski definition) is 0. The van der Waals surface area contributed by atoms with Gasteiger partial charge in [0.2, 0.25) is 0 Å². The molecule has 2 heterocycles. The minimum Gasteiger partial charge on any atom is -0.329 e. The van der Waals surface area contributed by atoms with E-state index in [0.717, 1.165) is 43.0 Å². The van der Waals surface area contributed by atoms with Gasteiger partial charge in [0, 0.05) is 43.0 Å². The number of aliphatic imine (C=N–C) groups is 1. The van der Waals surface area contributed by atoms with Crippen LogP contribution in [-0.4, -0.2) is 47.4 Å². The molecule has 3 rings (SSSR count). The first-order chi connectivity index (χ1) is 11.0. The lowest BCUT2D eigenvalue weighted by Gasteiger charge is -2.39. The number of rotatable bonds is 4. The largest absolute Gasteiger partial charge is 0.329 e. The summed E-state index contributed by atoms with van der Waals surface area (Å²) in [6, 6.07) is 5.95. The molecule has 0 atom stereocenters. The summed E-state index contributed by atoms with van der Waals surface area (Å²) < 4.78 is 13.7. The highest BCUT2D eigenvalue weighted by molar-refractivity contribution is 6.05. The molecule has 0 saturated heterocycles.